The van der Waals surface area contributed by atoms with Crippen LogP contribution < -0.4 is 0 Å². The second-order valence-electron chi connectivity index (χ2n) is 8.33. The van der Waals surface area contributed by atoms with Gasteiger partial charge in [-0.25, -0.2) is 0 Å². The molecule has 0 radical (unpaired) electrons. The van der Waals surface area contributed by atoms with E-state index < -0.39 is 6.10 Å². The maximum atomic E-state index is 10.6. The summed E-state index contributed by atoms with van der Waals surface area (Å²) in [6, 6.07) is 31.3. The highest BCUT2D eigenvalue weighted by Gasteiger charge is 2.22. The Kier molecular flexibility index (Phi) is 7.59. The average Bonchev–Trinajstić information content (AvgIpc) is 2.72. The van der Waals surface area contributed by atoms with Crippen LogP contribution in [-0.4, -0.2) is 49.5 Å². The first-order valence-corrected chi connectivity index (χ1v) is 10.3. The molecule has 3 aromatic carbocycles. The largest absolute Gasteiger partial charge is 0.385 e. The van der Waals surface area contributed by atoms with Gasteiger partial charge in [-0.15, -0.1) is 0 Å². The lowest BCUT2D eigenvalue weighted by molar-refractivity contribution is -0.906. The van der Waals surface area contributed by atoms with Crippen LogP contribution in [0.2, 0.25) is 0 Å². The lowest BCUT2D eigenvalue weighted by Gasteiger charge is -2.32. The number of ether oxygens (including phenoxy) is 1. The van der Waals surface area contributed by atoms with Crippen LogP contribution in [0.15, 0.2) is 91.0 Å². The lowest BCUT2D eigenvalue weighted by Crippen LogP contribution is -2.46. The molecular formula is C26H32NO2+. The van der Waals surface area contributed by atoms with Gasteiger partial charge in [0, 0.05) is 11.5 Å². The van der Waals surface area contributed by atoms with Gasteiger partial charge in [0.25, 0.3) is 0 Å². The van der Waals surface area contributed by atoms with E-state index in [1.165, 1.54) is 16.7 Å². The van der Waals surface area contributed by atoms with Gasteiger partial charge in [0.2, 0.25) is 0 Å². The van der Waals surface area contributed by atoms with Gasteiger partial charge in [-0.1, -0.05) is 91.0 Å². The molecule has 0 fully saturated rings. The molecule has 0 saturated heterocycles. The molecule has 0 saturated carbocycles. The lowest BCUT2D eigenvalue weighted by atomic mass is 9.92. The molecule has 0 spiro atoms. The molecule has 1 atom stereocenters. The van der Waals surface area contributed by atoms with Crippen molar-refractivity contribution in [3.8, 4) is 0 Å². The maximum Gasteiger partial charge on any atom is 0.126 e. The number of quaternary nitrogens is 1. The number of hydrogen-bond donors (Lipinski definition) is 1. The average molecular weight is 391 g/mol. The summed E-state index contributed by atoms with van der Waals surface area (Å²) < 4.78 is 6.72. The van der Waals surface area contributed by atoms with Crippen LogP contribution in [0.4, 0.5) is 0 Å². The summed E-state index contributed by atoms with van der Waals surface area (Å²) in [7, 11) is 4.29. The SMILES string of the molecule is C[N+](C)(Cc1ccccc1)C[C@@H](O)COCC(c1ccccc1)c1ccccc1. The van der Waals surface area contributed by atoms with E-state index in [-0.39, 0.29) is 5.92 Å². The maximum absolute atomic E-state index is 10.6. The molecule has 0 heterocycles. The Morgan fingerprint density at radius 2 is 1.21 bits per heavy atom. The molecule has 0 aliphatic carbocycles. The Morgan fingerprint density at radius 1 is 0.724 bits per heavy atom. The summed E-state index contributed by atoms with van der Waals surface area (Å²) in [4.78, 5) is 0. The minimum Gasteiger partial charge on any atom is -0.385 e. The summed E-state index contributed by atoms with van der Waals surface area (Å²) in [5.41, 5.74) is 3.74. The van der Waals surface area contributed by atoms with E-state index in [2.05, 4.69) is 86.9 Å². The Morgan fingerprint density at radius 3 is 1.72 bits per heavy atom. The summed E-state index contributed by atoms with van der Waals surface area (Å²) in [6.07, 6.45) is -0.499. The third kappa shape index (κ3) is 6.82. The van der Waals surface area contributed by atoms with Gasteiger partial charge in [0.15, 0.2) is 0 Å². The van der Waals surface area contributed by atoms with Crippen molar-refractivity contribution in [2.75, 3.05) is 33.9 Å². The van der Waals surface area contributed by atoms with E-state index in [4.69, 9.17) is 4.74 Å². The van der Waals surface area contributed by atoms with E-state index in [1.807, 2.05) is 18.2 Å². The predicted molar refractivity (Wildman–Crippen MR) is 119 cm³/mol. The molecule has 0 amide bonds. The normalized spacial score (nSPS) is 12.8. The van der Waals surface area contributed by atoms with Crippen molar-refractivity contribution in [3.63, 3.8) is 0 Å². The molecule has 3 rings (SSSR count). The molecule has 0 bridgehead atoms. The van der Waals surface area contributed by atoms with Crippen LogP contribution in [0.25, 0.3) is 0 Å². The smallest absolute Gasteiger partial charge is 0.126 e. The zero-order chi connectivity index (χ0) is 20.5. The molecule has 0 unspecified atom stereocenters. The van der Waals surface area contributed by atoms with Gasteiger partial charge >= 0.3 is 0 Å². The standard InChI is InChI=1S/C26H32NO2/c1-27(2,18-22-12-6-3-7-13-22)19-25(28)20-29-21-26(23-14-8-4-9-15-23)24-16-10-5-11-17-24/h3-17,25-26,28H,18-21H2,1-2H3/q+1/t25-/m1/s1. The second kappa shape index (κ2) is 10.4. The van der Waals surface area contributed by atoms with Gasteiger partial charge in [0.05, 0.1) is 27.3 Å². The molecule has 29 heavy (non-hydrogen) atoms. The molecule has 3 aromatic rings. The number of benzene rings is 3. The van der Waals surface area contributed by atoms with Crippen LogP contribution in [0.3, 0.4) is 0 Å². The first-order chi connectivity index (χ1) is 14.0. The Labute approximate surface area is 174 Å². The van der Waals surface area contributed by atoms with Gasteiger partial charge in [0.1, 0.15) is 19.2 Å². The van der Waals surface area contributed by atoms with E-state index in [1.54, 1.807) is 0 Å². The number of nitrogens with zero attached hydrogens (tertiary/aromatic N) is 1. The van der Waals surface area contributed by atoms with Crippen LogP contribution in [0, 0.1) is 0 Å². The molecule has 3 nitrogen and oxygen atoms in total. The van der Waals surface area contributed by atoms with Crippen molar-refractivity contribution in [1.29, 1.82) is 0 Å². The summed E-state index contributed by atoms with van der Waals surface area (Å²) in [6.45, 7) is 2.43. The molecule has 0 aliphatic heterocycles. The number of hydrogen-bond acceptors (Lipinski definition) is 2. The zero-order valence-electron chi connectivity index (χ0n) is 17.4. The summed E-state index contributed by atoms with van der Waals surface area (Å²) in [5.74, 6) is 0.163. The number of rotatable bonds is 10. The summed E-state index contributed by atoms with van der Waals surface area (Å²) in [5, 5.41) is 10.6. The number of aliphatic hydroxyl groups is 1. The van der Waals surface area contributed by atoms with Crippen molar-refractivity contribution in [1.82, 2.24) is 0 Å². The highest BCUT2D eigenvalue weighted by atomic mass is 16.5. The number of likely N-dealkylation sites (N-methyl/N-ethyl adjacent to an activating group) is 1. The van der Waals surface area contributed by atoms with Gasteiger partial charge in [-0.05, 0) is 11.1 Å². The Bertz CT molecular complexity index is 795. The summed E-state index contributed by atoms with van der Waals surface area (Å²) >= 11 is 0. The third-order valence-corrected chi connectivity index (χ3v) is 5.16. The molecular weight excluding hydrogens is 358 g/mol. The highest BCUT2D eigenvalue weighted by Crippen LogP contribution is 2.25. The fourth-order valence-electron chi connectivity index (χ4n) is 3.84. The van der Waals surface area contributed by atoms with Gasteiger partial charge < -0.3 is 14.3 Å². The second-order valence-corrected chi connectivity index (χ2v) is 8.33. The minimum atomic E-state index is -0.499. The monoisotopic (exact) mass is 390 g/mol. The van der Waals surface area contributed by atoms with Crippen molar-refractivity contribution in [3.05, 3.63) is 108 Å². The first-order valence-electron chi connectivity index (χ1n) is 10.3. The molecule has 3 heteroatoms. The van der Waals surface area contributed by atoms with Crippen LogP contribution in [0.1, 0.15) is 22.6 Å². The topological polar surface area (TPSA) is 29.5 Å². The fourth-order valence-corrected chi connectivity index (χ4v) is 3.84. The van der Waals surface area contributed by atoms with E-state index in [0.717, 1.165) is 11.0 Å². The van der Waals surface area contributed by atoms with Crippen molar-refractivity contribution in [2.45, 2.75) is 18.6 Å². The van der Waals surface area contributed by atoms with Gasteiger partial charge in [-0.3, -0.25) is 0 Å². The van der Waals surface area contributed by atoms with E-state index in [0.29, 0.717) is 19.8 Å². The van der Waals surface area contributed by atoms with Crippen molar-refractivity contribution in [2.24, 2.45) is 0 Å². The highest BCUT2D eigenvalue weighted by molar-refractivity contribution is 5.32. The van der Waals surface area contributed by atoms with Crippen molar-refractivity contribution >= 4 is 0 Å². The van der Waals surface area contributed by atoms with E-state index >= 15 is 0 Å². The Hall–Kier alpha value is -2.46. The molecule has 0 aliphatic rings. The number of aliphatic hydroxyl groups excluding tert-OH is 1. The predicted octanol–water partition coefficient (Wildman–Crippen LogP) is 4.47. The zero-order valence-corrected chi connectivity index (χ0v) is 17.4. The Balaban J connectivity index is 1.55. The third-order valence-electron chi connectivity index (χ3n) is 5.16. The van der Waals surface area contributed by atoms with Gasteiger partial charge in [-0.2, -0.15) is 0 Å². The van der Waals surface area contributed by atoms with E-state index in [9.17, 15) is 5.11 Å². The molecule has 0 aromatic heterocycles. The quantitative estimate of drug-likeness (QED) is 0.518. The van der Waals surface area contributed by atoms with Crippen LogP contribution in [0.5, 0.6) is 0 Å². The molecule has 152 valence electrons. The molecule has 1 N–H and O–H groups in total. The van der Waals surface area contributed by atoms with Crippen LogP contribution >= 0.6 is 0 Å². The minimum absolute atomic E-state index is 0.163. The first kappa shape index (κ1) is 21.3. The van der Waals surface area contributed by atoms with Crippen molar-refractivity contribution < 1.29 is 14.3 Å². The van der Waals surface area contributed by atoms with Crippen LogP contribution in [-0.2, 0) is 11.3 Å². The fraction of sp³-hybridized carbons (Fsp3) is 0.308.